The van der Waals surface area contributed by atoms with E-state index < -0.39 is 5.92 Å². The Hall–Kier alpha value is -1.40. The number of halogens is 1. The zero-order valence-corrected chi connectivity index (χ0v) is 16.0. The second-order valence-corrected chi connectivity index (χ2v) is 8.11. The molecule has 1 aromatic carbocycles. The van der Waals surface area contributed by atoms with Crippen LogP contribution < -0.4 is 4.90 Å². The predicted octanol–water partition coefficient (Wildman–Crippen LogP) is 2.50. The molecule has 3 fully saturated rings. The Balaban J connectivity index is 1.45. The third-order valence-electron chi connectivity index (χ3n) is 5.80. The van der Waals surface area contributed by atoms with Crippen LogP contribution in [0.15, 0.2) is 28.7 Å². The highest BCUT2D eigenvalue weighted by atomic mass is 79.9. The van der Waals surface area contributed by atoms with Gasteiger partial charge in [-0.05, 0) is 53.9 Å². The maximum absolute atomic E-state index is 13.0. The number of carbonyl (C=O) groups is 2. The minimum Gasteiger partial charge on any atom is -0.339 e. The molecular weight excluding hydrogens is 382 g/mol. The summed E-state index contributed by atoms with van der Waals surface area (Å²) in [6.07, 6.45) is 4.31. The molecule has 5 nitrogen and oxygen atoms in total. The van der Waals surface area contributed by atoms with Crippen molar-refractivity contribution in [1.82, 2.24) is 9.80 Å². The molecule has 0 aliphatic carbocycles. The van der Waals surface area contributed by atoms with Gasteiger partial charge in [0.1, 0.15) is 5.92 Å². The van der Waals surface area contributed by atoms with Crippen LogP contribution in [0.1, 0.15) is 25.7 Å². The quantitative estimate of drug-likeness (QED) is 0.709. The molecule has 2 amide bonds. The number of hydrogen-bond donors (Lipinski definition) is 0. The molecule has 0 unspecified atom stereocenters. The van der Waals surface area contributed by atoms with Gasteiger partial charge in [-0.25, -0.2) is 0 Å². The minimum absolute atomic E-state index is 0.0322. The fourth-order valence-corrected chi connectivity index (χ4v) is 4.89. The topological polar surface area (TPSA) is 43.9 Å². The maximum atomic E-state index is 13.0. The van der Waals surface area contributed by atoms with Gasteiger partial charge >= 0.3 is 0 Å². The first-order chi connectivity index (χ1) is 12.1. The van der Waals surface area contributed by atoms with E-state index in [0.717, 1.165) is 36.3 Å². The second-order valence-electron chi connectivity index (χ2n) is 7.25. The molecule has 0 N–H and O–H groups in total. The molecule has 0 radical (unpaired) electrons. The summed E-state index contributed by atoms with van der Waals surface area (Å²) in [6.45, 7) is 4.27. The number of hydrogen-bond acceptors (Lipinski definition) is 3. The maximum Gasteiger partial charge on any atom is 0.239 e. The van der Waals surface area contributed by atoms with Crippen molar-refractivity contribution >= 4 is 33.4 Å². The smallest absolute Gasteiger partial charge is 0.239 e. The van der Waals surface area contributed by atoms with Gasteiger partial charge in [0.05, 0.1) is 5.69 Å². The van der Waals surface area contributed by atoms with E-state index in [1.807, 2.05) is 29.2 Å². The Morgan fingerprint density at radius 1 is 1.04 bits per heavy atom. The lowest BCUT2D eigenvalue weighted by Crippen LogP contribution is -2.57. The highest BCUT2D eigenvalue weighted by Gasteiger charge is 2.42. The fourth-order valence-electron chi connectivity index (χ4n) is 4.40. The summed E-state index contributed by atoms with van der Waals surface area (Å²) in [5, 5.41) is 0. The molecule has 3 aliphatic heterocycles. The van der Waals surface area contributed by atoms with Crippen molar-refractivity contribution in [3.8, 4) is 0 Å². The molecule has 0 aromatic heterocycles. The standard InChI is InChI=1S/C19H24BrN3O2/c20-16-6-1-2-7-17(16)23-10-8-15(19(23)25)18(24)22-12-11-21-9-4-3-5-14(21)13-22/h1-2,6-7,14-15H,3-5,8-13H2/t14-,15+/m0/s1. The molecule has 3 heterocycles. The Morgan fingerprint density at radius 3 is 2.72 bits per heavy atom. The van der Waals surface area contributed by atoms with Crippen LogP contribution in [-0.4, -0.2) is 60.4 Å². The summed E-state index contributed by atoms with van der Waals surface area (Å²) in [6, 6.07) is 8.20. The van der Waals surface area contributed by atoms with Gasteiger partial charge in [-0.15, -0.1) is 0 Å². The highest BCUT2D eigenvalue weighted by Crippen LogP contribution is 2.32. The average Bonchev–Trinajstić information content (AvgIpc) is 3.02. The van der Waals surface area contributed by atoms with Gasteiger partial charge in [0.2, 0.25) is 11.8 Å². The number of nitrogens with zero attached hydrogens (tertiary/aromatic N) is 3. The Morgan fingerprint density at radius 2 is 1.88 bits per heavy atom. The molecule has 0 spiro atoms. The van der Waals surface area contributed by atoms with Gasteiger partial charge in [-0.2, -0.15) is 0 Å². The molecule has 0 saturated carbocycles. The van der Waals surface area contributed by atoms with Gasteiger partial charge in [0, 0.05) is 36.7 Å². The van der Waals surface area contributed by atoms with Crippen LogP contribution in [0.25, 0.3) is 0 Å². The molecule has 6 heteroatoms. The van der Waals surface area contributed by atoms with Crippen LogP contribution >= 0.6 is 15.9 Å². The molecule has 25 heavy (non-hydrogen) atoms. The number of benzene rings is 1. The highest BCUT2D eigenvalue weighted by molar-refractivity contribution is 9.10. The van der Waals surface area contributed by atoms with Gasteiger partial charge < -0.3 is 9.80 Å². The van der Waals surface area contributed by atoms with E-state index >= 15 is 0 Å². The van der Waals surface area contributed by atoms with E-state index in [4.69, 9.17) is 0 Å². The third kappa shape index (κ3) is 3.22. The van der Waals surface area contributed by atoms with Crippen molar-refractivity contribution in [3.05, 3.63) is 28.7 Å². The molecule has 2 atom stereocenters. The van der Waals surface area contributed by atoms with E-state index in [0.29, 0.717) is 19.0 Å². The predicted molar refractivity (Wildman–Crippen MR) is 100 cm³/mol. The number of fused-ring (bicyclic) bond motifs is 1. The van der Waals surface area contributed by atoms with Gasteiger partial charge in [-0.3, -0.25) is 14.5 Å². The van der Waals surface area contributed by atoms with Crippen molar-refractivity contribution < 1.29 is 9.59 Å². The zero-order valence-electron chi connectivity index (χ0n) is 14.4. The van der Waals surface area contributed by atoms with Crippen molar-refractivity contribution in [2.45, 2.75) is 31.7 Å². The van der Waals surface area contributed by atoms with Crippen molar-refractivity contribution in [2.75, 3.05) is 37.6 Å². The van der Waals surface area contributed by atoms with E-state index in [1.165, 1.54) is 19.3 Å². The molecule has 3 saturated heterocycles. The Labute approximate surface area is 157 Å². The molecule has 0 bridgehead atoms. The summed E-state index contributed by atoms with van der Waals surface area (Å²) in [5.74, 6) is -0.532. The number of rotatable bonds is 2. The molecule has 1 aromatic rings. The normalized spacial score (nSPS) is 27.5. The average molecular weight is 406 g/mol. The minimum atomic E-state index is -0.512. The Kier molecular flexibility index (Phi) is 4.82. The van der Waals surface area contributed by atoms with Crippen LogP contribution in [0.3, 0.4) is 0 Å². The SMILES string of the molecule is O=C([C@H]1CCN(c2ccccc2Br)C1=O)N1CCN2CCCC[C@H]2C1. The van der Waals surface area contributed by atoms with Crippen molar-refractivity contribution in [1.29, 1.82) is 0 Å². The van der Waals surface area contributed by atoms with Gasteiger partial charge in [-0.1, -0.05) is 18.6 Å². The number of amides is 2. The monoisotopic (exact) mass is 405 g/mol. The summed E-state index contributed by atoms with van der Waals surface area (Å²) in [5.41, 5.74) is 0.861. The lowest BCUT2D eigenvalue weighted by atomic mass is 9.98. The third-order valence-corrected chi connectivity index (χ3v) is 6.47. The summed E-state index contributed by atoms with van der Waals surface area (Å²) in [4.78, 5) is 32.1. The summed E-state index contributed by atoms with van der Waals surface area (Å²) < 4.78 is 0.896. The first-order valence-corrected chi connectivity index (χ1v) is 10.0. The number of anilines is 1. The van der Waals surface area contributed by atoms with Crippen LogP contribution in [0.5, 0.6) is 0 Å². The van der Waals surface area contributed by atoms with Crippen LogP contribution in [0, 0.1) is 5.92 Å². The van der Waals surface area contributed by atoms with E-state index in [9.17, 15) is 9.59 Å². The fraction of sp³-hybridized carbons (Fsp3) is 0.579. The lowest BCUT2D eigenvalue weighted by Gasteiger charge is -2.44. The molecular formula is C19H24BrN3O2. The molecule has 3 aliphatic rings. The Bertz CT molecular complexity index is 680. The number of para-hydroxylation sites is 1. The van der Waals surface area contributed by atoms with E-state index in [1.54, 1.807) is 4.90 Å². The van der Waals surface area contributed by atoms with E-state index in [-0.39, 0.29) is 11.8 Å². The van der Waals surface area contributed by atoms with Crippen LogP contribution in [0.4, 0.5) is 5.69 Å². The summed E-state index contributed by atoms with van der Waals surface area (Å²) in [7, 11) is 0. The second kappa shape index (κ2) is 7.08. The largest absolute Gasteiger partial charge is 0.339 e. The zero-order chi connectivity index (χ0) is 17.4. The number of carbonyl (C=O) groups excluding carboxylic acids is 2. The molecule has 134 valence electrons. The number of piperazine rings is 1. The van der Waals surface area contributed by atoms with Crippen molar-refractivity contribution in [2.24, 2.45) is 5.92 Å². The van der Waals surface area contributed by atoms with E-state index in [2.05, 4.69) is 20.8 Å². The molecule has 4 rings (SSSR count). The van der Waals surface area contributed by atoms with Gasteiger partial charge in [0.15, 0.2) is 0 Å². The first-order valence-electron chi connectivity index (χ1n) is 9.24. The summed E-state index contributed by atoms with van der Waals surface area (Å²) >= 11 is 3.51. The van der Waals surface area contributed by atoms with Crippen molar-refractivity contribution in [3.63, 3.8) is 0 Å². The van der Waals surface area contributed by atoms with Gasteiger partial charge in [0.25, 0.3) is 0 Å². The van der Waals surface area contributed by atoms with Crippen LogP contribution in [-0.2, 0) is 9.59 Å². The lowest BCUT2D eigenvalue weighted by molar-refractivity contribution is -0.142. The van der Waals surface area contributed by atoms with Crippen LogP contribution in [0.2, 0.25) is 0 Å². The first kappa shape index (κ1) is 17.0. The number of piperidine rings is 1.